The van der Waals surface area contributed by atoms with Crippen LogP contribution in [0, 0.1) is 0 Å². The molecule has 0 amide bonds. The van der Waals surface area contributed by atoms with Gasteiger partial charge >= 0.3 is 12.1 Å². The molecular formula is C13H13F3O2. The Morgan fingerprint density at radius 2 is 1.89 bits per heavy atom. The summed E-state index contributed by atoms with van der Waals surface area (Å²) in [6.45, 7) is 1.59. The van der Waals surface area contributed by atoms with Crippen LogP contribution >= 0.6 is 0 Å². The maximum Gasteiger partial charge on any atom is 0.410 e. The lowest BCUT2D eigenvalue weighted by Crippen LogP contribution is -2.14. The number of hydrogen-bond acceptors (Lipinski definition) is 2. The number of hydrogen-bond donors (Lipinski definition) is 0. The van der Waals surface area contributed by atoms with Crippen molar-refractivity contribution in [1.29, 1.82) is 0 Å². The zero-order valence-corrected chi connectivity index (χ0v) is 9.83. The zero-order valence-electron chi connectivity index (χ0n) is 9.83. The first-order valence-electron chi connectivity index (χ1n) is 5.42. The number of halogens is 3. The normalized spacial score (nSPS) is 12.3. The second-order valence-electron chi connectivity index (χ2n) is 3.59. The van der Waals surface area contributed by atoms with Crippen molar-refractivity contribution in [3.8, 4) is 0 Å². The summed E-state index contributed by atoms with van der Waals surface area (Å²) in [7, 11) is 0. The Balaban J connectivity index is 2.92. The third kappa shape index (κ3) is 5.03. The first-order chi connectivity index (χ1) is 8.42. The average molecular weight is 258 g/mol. The van der Waals surface area contributed by atoms with Gasteiger partial charge < -0.3 is 4.74 Å². The molecule has 0 saturated heterocycles. The summed E-state index contributed by atoms with van der Waals surface area (Å²) >= 11 is 0. The monoisotopic (exact) mass is 258 g/mol. The Hall–Kier alpha value is -1.78. The van der Waals surface area contributed by atoms with Crippen LogP contribution in [0.5, 0.6) is 0 Å². The molecule has 2 nitrogen and oxygen atoms in total. The van der Waals surface area contributed by atoms with Crippen LogP contribution in [0.15, 0.2) is 42.0 Å². The molecule has 1 aromatic rings. The number of ether oxygens (including phenoxy) is 1. The molecule has 0 spiro atoms. The van der Waals surface area contributed by atoms with E-state index in [0.29, 0.717) is 5.56 Å². The fourth-order valence-electron chi connectivity index (χ4n) is 1.42. The SMILES string of the molecule is CCOC(=O)C(=CC(F)(F)F)Cc1ccccc1. The molecule has 0 bridgehead atoms. The van der Waals surface area contributed by atoms with Gasteiger partial charge in [0.15, 0.2) is 0 Å². The molecule has 0 unspecified atom stereocenters. The average Bonchev–Trinajstić information content (AvgIpc) is 2.28. The standard InChI is InChI=1S/C13H13F3O2/c1-2-18-12(17)11(9-13(14,15)16)8-10-6-4-3-5-7-10/h3-7,9H,2,8H2,1H3. The predicted octanol–water partition coefficient (Wildman–Crippen LogP) is 3.28. The topological polar surface area (TPSA) is 26.3 Å². The Morgan fingerprint density at radius 3 is 2.39 bits per heavy atom. The predicted molar refractivity (Wildman–Crippen MR) is 60.9 cm³/mol. The van der Waals surface area contributed by atoms with E-state index in [1.807, 2.05) is 0 Å². The molecule has 98 valence electrons. The van der Waals surface area contributed by atoms with Crippen molar-refractivity contribution in [2.45, 2.75) is 19.5 Å². The van der Waals surface area contributed by atoms with Gasteiger partial charge in [0.05, 0.1) is 6.61 Å². The molecular weight excluding hydrogens is 245 g/mol. The molecule has 0 fully saturated rings. The molecule has 1 aromatic carbocycles. The van der Waals surface area contributed by atoms with Crippen molar-refractivity contribution in [2.75, 3.05) is 6.61 Å². The van der Waals surface area contributed by atoms with Gasteiger partial charge in [-0.2, -0.15) is 13.2 Å². The van der Waals surface area contributed by atoms with Gasteiger partial charge in [0, 0.05) is 18.1 Å². The van der Waals surface area contributed by atoms with E-state index in [1.165, 1.54) is 0 Å². The number of alkyl halides is 3. The molecule has 0 heterocycles. The van der Waals surface area contributed by atoms with E-state index in [1.54, 1.807) is 37.3 Å². The van der Waals surface area contributed by atoms with Gasteiger partial charge in [-0.15, -0.1) is 0 Å². The largest absolute Gasteiger partial charge is 0.463 e. The zero-order chi connectivity index (χ0) is 13.6. The highest BCUT2D eigenvalue weighted by Crippen LogP contribution is 2.21. The molecule has 0 saturated carbocycles. The third-order valence-electron chi connectivity index (χ3n) is 2.11. The molecule has 1 rings (SSSR count). The van der Waals surface area contributed by atoms with Crippen molar-refractivity contribution in [3.63, 3.8) is 0 Å². The highest BCUT2D eigenvalue weighted by molar-refractivity contribution is 5.89. The van der Waals surface area contributed by atoms with Crippen LogP contribution in [-0.2, 0) is 16.0 Å². The summed E-state index contributed by atoms with van der Waals surface area (Å²) in [5.41, 5.74) is 0.233. The summed E-state index contributed by atoms with van der Waals surface area (Å²) in [6.07, 6.45) is -4.63. The number of benzene rings is 1. The number of esters is 1. The van der Waals surface area contributed by atoms with Gasteiger partial charge in [0.25, 0.3) is 0 Å². The molecule has 0 N–H and O–H groups in total. The fourth-order valence-corrected chi connectivity index (χ4v) is 1.42. The summed E-state index contributed by atoms with van der Waals surface area (Å²) in [6, 6.07) is 8.46. The third-order valence-corrected chi connectivity index (χ3v) is 2.11. The minimum absolute atomic E-state index is 0.00199. The first kappa shape index (κ1) is 14.3. The van der Waals surface area contributed by atoms with Crippen molar-refractivity contribution in [3.05, 3.63) is 47.5 Å². The van der Waals surface area contributed by atoms with Gasteiger partial charge in [0.1, 0.15) is 0 Å². The van der Waals surface area contributed by atoms with Crippen molar-refractivity contribution in [1.82, 2.24) is 0 Å². The van der Waals surface area contributed by atoms with Crippen molar-refractivity contribution < 1.29 is 22.7 Å². The smallest absolute Gasteiger partial charge is 0.410 e. The van der Waals surface area contributed by atoms with Crippen LogP contribution in [0.4, 0.5) is 13.2 Å². The first-order valence-corrected chi connectivity index (χ1v) is 5.42. The molecule has 18 heavy (non-hydrogen) atoms. The van der Waals surface area contributed by atoms with Gasteiger partial charge in [-0.05, 0) is 12.5 Å². The Morgan fingerprint density at radius 1 is 1.28 bits per heavy atom. The van der Waals surface area contributed by atoms with Crippen molar-refractivity contribution >= 4 is 5.97 Å². The minimum atomic E-state index is -4.53. The van der Waals surface area contributed by atoms with Gasteiger partial charge in [-0.1, -0.05) is 30.3 Å². The van der Waals surface area contributed by atoms with Gasteiger partial charge in [-0.3, -0.25) is 0 Å². The van der Waals surface area contributed by atoms with Crippen LogP contribution in [0.2, 0.25) is 0 Å². The fraction of sp³-hybridized carbons (Fsp3) is 0.308. The summed E-state index contributed by atoms with van der Waals surface area (Å²) < 4.78 is 41.6. The van der Waals surface area contributed by atoms with E-state index in [-0.39, 0.29) is 19.1 Å². The highest BCUT2D eigenvalue weighted by Gasteiger charge is 2.27. The van der Waals surface area contributed by atoms with Crippen LogP contribution in [0.3, 0.4) is 0 Å². The Labute approximate surface area is 103 Å². The lowest BCUT2D eigenvalue weighted by molar-refractivity contribution is -0.139. The van der Waals surface area contributed by atoms with E-state index in [4.69, 9.17) is 0 Å². The van der Waals surface area contributed by atoms with Crippen LogP contribution in [0.25, 0.3) is 0 Å². The summed E-state index contributed by atoms with van der Waals surface area (Å²) in [5.74, 6) is -0.932. The van der Waals surface area contributed by atoms with E-state index in [9.17, 15) is 18.0 Å². The molecule has 0 aliphatic heterocycles. The number of carbonyl (C=O) groups is 1. The van der Waals surface area contributed by atoms with E-state index in [2.05, 4.69) is 4.74 Å². The quantitative estimate of drug-likeness (QED) is 0.612. The van der Waals surface area contributed by atoms with Gasteiger partial charge in [0.2, 0.25) is 0 Å². The molecule has 0 aliphatic carbocycles. The summed E-state index contributed by atoms with van der Waals surface area (Å²) in [4.78, 5) is 11.4. The Bertz CT molecular complexity index is 422. The second kappa shape index (κ2) is 6.23. The molecule has 0 radical (unpaired) electrons. The lowest BCUT2D eigenvalue weighted by atomic mass is 10.0. The number of carbonyl (C=O) groups excluding carboxylic acids is 1. The van der Waals surface area contributed by atoms with Crippen LogP contribution in [0.1, 0.15) is 12.5 Å². The highest BCUT2D eigenvalue weighted by atomic mass is 19.4. The van der Waals surface area contributed by atoms with E-state index in [0.717, 1.165) is 0 Å². The van der Waals surface area contributed by atoms with E-state index < -0.39 is 17.7 Å². The number of allylic oxidation sites excluding steroid dienone is 1. The lowest BCUT2D eigenvalue weighted by Gasteiger charge is -2.08. The second-order valence-corrected chi connectivity index (χ2v) is 3.59. The van der Waals surface area contributed by atoms with E-state index >= 15 is 0 Å². The molecule has 0 aliphatic rings. The number of rotatable bonds is 4. The molecule has 0 atom stereocenters. The van der Waals surface area contributed by atoms with Gasteiger partial charge in [-0.25, -0.2) is 4.79 Å². The van der Waals surface area contributed by atoms with Crippen LogP contribution < -0.4 is 0 Å². The minimum Gasteiger partial charge on any atom is -0.463 e. The summed E-state index contributed by atoms with van der Waals surface area (Å²) in [5, 5.41) is 0. The maximum absolute atomic E-state index is 12.3. The maximum atomic E-state index is 12.3. The molecule has 5 heteroatoms. The molecule has 0 aromatic heterocycles. The van der Waals surface area contributed by atoms with Crippen molar-refractivity contribution in [2.24, 2.45) is 0 Å². The van der Waals surface area contributed by atoms with Crippen LogP contribution in [-0.4, -0.2) is 18.8 Å². The Kier molecular flexibility index (Phi) is 4.95.